The molecule has 0 radical (unpaired) electrons. The van der Waals surface area contributed by atoms with E-state index in [0.717, 1.165) is 16.8 Å². The summed E-state index contributed by atoms with van der Waals surface area (Å²) in [4.78, 5) is 13.1. The maximum absolute atomic E-state index is 9.93. The van der Waals surface area contributed by atoms with Crippen LogP contribution in [-0.2, 0) is 9.47 Å². The van der Waals surface area contributed by atoms with Gasteiger partial charge in [-0.15, -0.1) is 0 Å². The van der Waals surface area contributed by atoms with E-state index >= 15 is 0 Å². The molecule has 1 saturated heterocycles. The molecule has 10 heteroatoms. The number of nitrogens with two attached hydrogens (primary N) is 1. The molecule has 3 aromatic rings. The second kappa shape index (κ2) is 9.33. The monoisotopic (exact) mass is 437 g/mol. The summed E-state index contributed by atoms with van der Waals surface area (Å²) in [6.07, 6.45) is 2.91. The van der Waals surface area contributed by atoms with Crippen molar-refractivity contribution in [2.45, 2.75) is 32.5 Å². The Balaban J connectivity index is 1.53. The van der Waals surface area contributed by atoms with E-state index in [1.807, 2.05) is 44.3 Å². The lowest BCUT2D eigenvalue weighted by Crippen LogP contribution is -2.27. The van der Waals surface area contributed by atoms with Gasteiger partial charge in [0.1, 0.15) is 30.1 Å². The van der Waals surface area contributed by atoms with Crippen molar-refractivity contribution in [2.24, 2.45) is 10.7 Å². The van der Waals surface area contributed by atoms with E-state index in [1.165, 1.54) is 6.20 Å². The fourth-order valence-corrected chi connectivity index (χ4v) is 3.66. The molecule has 4 rings (SSSR count). The number of aliphatic hydroxyl groups excluding tert-OH is 1. The number of aliphatic imine (C=N–C) groups is 1. The van der Waals surface area contributed by atoms with Gasteiger partial charge in [-0.05, 0) is 32.4 Å². The number of hydrogen-bond donors (Lipinski definition) is 3. The molecule has 0 bridgehead atoms. The number of pyridine rings is 1. The van der Waals surface area contributed by atoms with Crippen LogP contribution < -0.4 is 11.1 Å². The molecule has 0 aliphatic carbocycles. The number of rotatable bonds is 7. The number of nitrogens with zero attached hydrogens (tertiary/aromatic N) is 5. The third kappa shape index (κ3) is 4.71. The van der Waals surface area contributed by atoms with Gasteiger partial charge in [0.2, 0.25) is 0 Å². The predicted octanol–water partition coefficient (Wildman–Crippen LogP) is 1.87. The van der Waals surface area contributed by atoms with Gasteiger partial charge in [0.15, 0.2) is 11.6 Å². The summed E-state index contributed by atoms with van der Waals surface area (Å²) in [7, 11) is 1.68. The Labute approximate surface area is 185 Å². The summed E-state index contributed by atoms with van der Waals surface area (Å²) in [6.45, 7) is 4.49. The van der Waals surface area contributed by atoms with Crippen molar-refractivity contribution in [3.63, 3.8) is 0 Å². The van der Waals surface area contributed by atoms with E-state index in [9.17, 15) is 5.11 Å². The number of nitrogens with one attached hydrogen (secondary N) is 1. The molecular weight excluding hydrogens is 410 g/mol. The Kier molecular flexibility index (Phi) is 6.33. The lowest BCUT2D eigenvalue weighted by atomic mass is 10.1. The van der Waals surface area contributed by atoms with Crippen LogP contribution in [0.4, 0.5) is 11.6 Å². The predicted molar refractivity (Wildman–Crippen MR) is 121 cm³/mol. The molecule has 1 fully saturated rings. The number of fused-ring (bicyclic) bond motifs is 1. The molecule has 0 amide bonds. The third-order valence-electron chi connectivity index (χ3n) is 5.15. The smallest absolute Gasteiger partial charge is 0.160 e. The second-order valence-corrected chi connectivity index (χ2v) is 7.56. The molecule has 10 nitrogen and oxygen atoms in total. The fourth-order valence-electron chi connectivity index (χ4n) is 3.66. The number of aromatic nitrogens is 4. The molecule has 0 unspecified atom stereocenters. The average molecular weight is 438 g/mol. The van der Waals surface area contributed by atoms with Gasteiger partial charge in [-0.1, -0.05) is 0 Å². The minimum absolute atomic E-state index is 0.198. The molecule has 0 aromatic carbocycles. The maximum Gasteiger partial charge on any atom is 0.160 e. The van der Waals surface area contributed by atoms with Crippen molar-refractivity contribution in [1.82, 2.24) is 19.6 Å². The van der Waals surface area contributed by atoms with E-state index in [1.54, 1.807) is 11.6 Å². The molecule has 1 aliphatic heterocycles. The number of aliphatic hydroxyl groups is 1. The fraction of sp³-hybridized carbons (Fsp3) is 0.364. The van der Waals surface area contributed by atoms with E-state index in [-0.39, 0.29) is 12.7 Å². The van der Waals surface area contributed by atoms with Gasteiger partial charge in [-0.2, -0.15) is 5.10 Å². The highest BCUT2D eigenvalue weighted by Gasteiger charge is 2.27. The number of hydrogen-bond acceptors (Lipinski definition) is 9. The first kappa shape index (κ1) is 21.7. The van der Waals surface area contributed by atoms with Gasteiger partial charge < -0.3 is 25.6 Å². The summed E-state index contributed by atoms with van der Waals surface area (Å²) < 4.78 is 13.1. The molecule has 4 heterocycles. The van der Waals surface area contributed by atoms with Gasteiger partial charge in [0.05, 0.1) is 11.6 Å². The zero-order chi connectivity index (χ0) is 22.7. The summed E-state index contributed by atoms with van der Waals surface area (Å²) >= 11 is 0. The average Bonchev–Trinajstić information content (AvgIpc) is 3.34. The highest BCUT2D eigenvalue weighted by molar-refractivity contribution is 6.11. The van der Waals surface area contributed by atoms with Crippen LogP contribution in [0, 0.1) is 13.8 Å². The second-order valence-electron chi connectivity index (χ2n) is 7.56. The summed E-state index contributed by atoms with van der Waals surface area (Å²) in [5, 5.41) is 17.7. The highest BCUT2D eigenvalue weighted by Crippen LogP contribution is 2.20. The Hall–Kier alpha value is -3.50. The quantitative estimate of drug-likeness (QED) is 0.377. The lowest BCUT2D eigenvalue weighted by Gasteiger charge is -2.17. The Morgan fingerprint density at radius 3 is 2.88 bits per heavy atom. The van der Waals surface area contributed by atoms with Gasteiger partial charge in [0.25, 0.3) is 0 Å². The molecule has 168 valence electrons. The zero-order valence-corrected chi connectivity index (χ0v) is 18.3. The van der Waals surface area contributed by atoms with Crippen molar-refractivity contribution < 1.29 is 14.6 Å². The Morgan fingerprint density at radius 1 is 1.34 bits per heavy atom. The van der Waals surface area contributed by atoms with Gasteiger partial charge in [-0.3, -0.25) is 4.99 Å². The largest absolute Gasteiger partial charge is 0.487 e. The number of anilines is 2. The molecular formula is C22H27N7O3. The van der Waals surface area contributed by atoms with E-state index in [2.05, 4.69) is 25.4 Å². The number of aryl methyl sites for hydroxylation is 2. The summed E-state index contributed by atoms with van der Waals surface area (Å²) in [6, 6.07) is 7.62. The van der Waals surface area contributed by atoms with E-state index in [4.69, 9.17) is 15.2 Å². The molecule has 3 aromatic heterocycles. The molecule has 4 N–H and O–H groups in total. The Bertz CT molecular complexity index is 1150. The molecule has 0 spiro atoms. The van der Waals surface area contributed by atoms with Crippen LogP contribution in [0.2, 0.25) is 0 Å². The van der Waals surface area contributed by atoms with Crippen molar-refractivity contribution >= 4 is 22.9 Å². The molecule has 0 saturated carbocycles. The van der Waals surface area contributed by atoms with Crippen molar-refractivity contribution in [3.05, 3.63) is 59.5 Å². The first-order valence-electron chi connectivity index (χ1n) is 10.4. The van der Waals surface area contributed by atoms with Crippen LogP contribution in [0.25, 0.3) is 5.52 Å². The molecule has 32 heavy (non-hydrogen) atoms. The van der Waals surface area contributed by atoms with Crippen LogP contribution in [0.5, 0.6) is 0 Å². The van der Waals surface area contributed by atoms with Crippen molar-refractivity contribution in [2.75, 3.05) is 25.6 Å². The van der Waals surface area contributed by atoms with Gasteiger partial charge in [0, 0.05) is 49.4 Å². The summed E-state index contributed by atoms with van der Waals surface area (Å²) in [5.74, 6) is 2.46. The van der Waals surface area contributed by atoms with Crippen LogP contribution in [0.1, 0.15) is 23.5 Å². The van der Waals surface area contributed by atoms with Crippen molar-refractivity contribution in [1.29, 1.82) is 0 Å². The minimum Gasteiger partial charge on any atom is -0.487 e. The van der Waals surface area contributed by atoms with Crippen LogP contribution in [-0.4, -0.2) is 62.9 Å². The summed E-state index contributed by atoms with van der Waals surface area (Å²) in [5.41, 5.74) is 8.99. The number of allylic oxidation sites excluding steroid dienone is 1. The standard InChI is InChI=1S/C22H27N7O3/c1-13-8-20(26-14(2)25-13)27-21-10-16-9-15(4-6-29(16)28-21)22(24-3)18(11-23)32-12-19-17(30)5-7-31-19/h4,6,8-11,17,19,30H,5,7,12,23H2,1-3H3,(H,25,26,27,28)/b18-11-,24-22?/t17-,19+/m0/s1. The zero-order valence-electron chi connectivity index (χ0n) is 18.3. The normalized spacial score (nSPS) is 19.5. The van der Waals surface area contributed by atoms with Crippen LogP contribution >= 0.6 is 0 Å². The topological polar surface area (TPSA) is 132 Å². The van der Waals surface area contributed by atoms with E-state index in [0.29, 0.717) is 42.0 Å². The van der Waals surface area contributed by atoms with Crippen molar-refractivity contribution in [3.8, 4) is 0 Å². The first-order valence-corrected chi connectivity index (χ1v) is 10.4. The molecule has 1 aliphatic rings. The Morgan fingerprint density at radius 2 is 2.19 bits per heavy atom. The minimum atomic E-state index is -0.535. The highest BCUT2D eigenvalue weighted by atomic mass is 16.5. The van der Waals surface area contributed by atoms with E-state index < -0.39 is 6.10 Å². The third-order valence-corrected chi connectivity index (χ3v) is 5.15. The van der Waals surface area contributed by atoms with Gasteiger partial charge >= 0.3 is 0 Å². The number of ether oxygens (including phenoxy) is 2. The molecule has 2 atom stereocenters. The van der Waals surface area contributed by atoms with Gasteiger partial charge in [-0.25, -0.2) is 14.5 Å². The SMILES string of the molecule is CN=C(/C(=C/N)OC[C@H]1OCC[C@@H]1O)c1ccn2nc(Nc3cc(C)nc(C)n3)cc2c1. The van der Waals surface area contributed by atoms with Crippen LogP contribution in [0.3, 0.4) is 0 Å². The van der Waals surface area contributed by atoms with Crippen LogP contribution in [0.15, 0.2) is 47.4 Å². The first-order chi connectivity index (χ1) is 15.5. The maximum atomic E-state index is 9.93. The lowest BCUT2D eigenvalue weighted by molar-refractivity contribution is -0.00348.